The fraction of sp³-hybridized carbons (Fsp3) is 0.923. The van der Waals surface area contributed by atoms with Gasteiger partial charge in [0.15, 0.2) is 9.84 Å². The van der Waals surface area contributed by atoms with Crippen LogP contribution < -0.4 is 11.1 Å². The highest BCUT2D eigenvalue weighted by Crippen LogP contribution is 2.15. The maximum absolute atomic E-state index is 11.8. The van der Waals surface area contributed by atoms with Gasteiger partial charge in [0.1, 0.15) is 0 Å². The quantitative estimate of drug-likeness (QED) is 0.696. The molecule has 6 heteroatoms. The molecule has 1 amide bonds. The van der Waals surface area contributed by atoms with Gasteiger partial charge < -0.3 is 11.1 Å². The summed E-state index contributed by atoms with van der Waals surface area (Å²) in [4.78, 5) is 11.8. The first-order chi connectivity index (χ1) is 8.52. The highest BCUT2D eigenvalue weighted by Gasteiger charge is 2.28. The second-order valence-electron chi connectivity index (χ2n) is 6.08. The van der Waals surface area contributed by atoms with Crippen LogP contribution in [0.1, 0.15) is 41.0 Å². The predicted octanol–water partition coefficient (Wildman–Crippen LogP) is 0.937. The lowest BCUT2D eigenvalue weighted by Gasteiger charge is -2.33. The molecule has 0 aromatic heterocycles. The van der Waals surface area contributed by atoms with Crippen molar-refractivity contribution in [3.63, 3.8) is 0 Å². The number of nitrogens with one attached hydrogen (secondary N) is 1. The van der Waals surface area contributed by atoms with Crippen molar-refractivity contribution in [2.24, 2.45) is 17.6 Å². The van der Waals surface area contributed by atoms with Crippen molar-refractivity contribution in [3.05, 3.63) is 0 Å². The van der Waals surface area contributed by atoms with Crippen LogP contribution in [0.3, 0.4) is 0 Å². The van der Waals surface area contributed by atoms with Crippen LogP contribution in [0.25, 0.3) is 0 Å². The molecule has 5 nitrogen and oxygen atoms in total. The number of hydrogen-bond acceptors (Lipinski definition) is 4. The molecule has 0 aliphatic heterocycles. The molecular weight excluding hydrogens is 264 g/mol. The zero-order valence-corrected chi connectivity index (χ0v) is 13.5. The molecule has 0 aromatic carbocycles. The summed E-state index contributed by atoms with van der Waals surface area (Å²) in [5.41, 5.74) is 5.18. The van der Waals surface area contributed by atoms with E-state index in [-0.39, 0.29) is 35.7 Å². The first-order valence-corrected chi connectivity index (χ1v) is 8.56. The van der Waals surface area contributed by atoms with E-state index in [1.54, 1.807) is 0 Å². The fourth-order valence-electron chi connectivity index (χ4n) is 1.65. The number of amides is 1. The molecule has 3 N–H and O–H groups in total. The van der Waals surface area contributed by atoms with Gasteiger partial charge in [-0.1, -0.05) is 27.7 Å². The van der Waals surface area contributed by atoms with Crippen LogP contribution in [-0.2, 0) is 14.6 Å². The minimum absolute atomic E-state index is 0.00262. The van der Waals surface area contributed by atoms with Gasteiger partial charge in [-0.2, -0.15) is 0 Å². The number of sulfone groups is 1. The van der Waals surface area contributed by atoms with Crippen molar-refractivity contribution < 1.29 is 13.2 Å². The third kappa shape index (κ3) is 6.92. The van der Waals surface area contributed by atoms with Crippen molar-refractivity contribution in [2.75, 3.05) is 18.1 Å². The molecule has 0 aromatic rings. The fourth-order valence-corrected chi connectivity index (χ4v) is 3.33. The van der Waals surface area contributed by atoms with Gasteiger partial charge in [-0.3, -0.25) is 4.79 Å². The van der Waals surface area contributed by atoms with Gasteiger partial charge in [-0.15, -0.1) is 0 Å². The number of hydrogen-bond donors (Lipinski definition) is 2. The van der Waals surface area contributed by atoms with Crippen molar-refractivity contribution in [1.29, 1.82) is 0 Å². The van der Waals surface area contributed by atoms with Crippen molar-refractivity contribution in [2.45, 2.75) is 46.6 Å². The largest absolute Gasteiger partial charge is 0.349 e. The summed E-state index contributed by atoms with van der Waals surface area (Å²) in [7, 11) is -3.15. The Morgan fingerprint density at radius 3 is 2.16 bits per heavy atom. The lowest BCUT2D eigenvalue weighted by molar-refractivity contribution is -0.122. The summed E-state index contributed by atoms with van der Waals surface area (Å²) in [5.74, 6) is 0.0368. The zero-order valence-electron chi connectivity index (χ0n) is 12.7. The van der Waals surface area contributed by atoms with Gasteiger partial charge in [0, 0.05) is 13.0 Å². The SMILES string of the molecule is CC(C)CS(=O)(=O)CCC(=O)NC(C)(CN)C(C)C. The summed E-state index contributed by atoms with van der Waals surface area (Å²) in [6.07, 6.45) is -0.00262. The Labute approximate surface area is 117 Å². The molecule has 0 fully saturated rings. The van der Waals surface area contributed by atoms with Crippen LogP contribution in [0, 0.1) is 11.8 Å². The standard InChI is InChI=1S/C13H28N2O3S/c1-10(2)8-19(17,18)7-6-12(16)15-13(5,9-14)11(3)4/h10-11H,6-9,14H2,1-5H3,(H,15,16). The molecule has 0 aliphatic carbocycles. The van der Waals surface area contributed by atoms with E-state index < -0.39 is 15.4 Å². The molecule has 19 heavy (non-hydrogen) atoms. The van der Waals surface area contributed by atoms with Crippen LogP contribution in [0.15, 0.2) is 0 Å². The Kier molecular flexibility index (Phi) is 7.00. The topological polar surface area (TPSA) is 89.3 Å². The Morgan fingerprint density at radius 2 is 1.79 bits per heavy atom. The second-order valence-corrected chi connectivity index (χ2v) is 8.31. The highest BCUT2D eigenvalue weighted by molar-refractivity contribution is 7.91. The van der Waals surface area contributed by atoms with E-state index >= 15 is 0 Å². The maximum Gasteiger partial charge on any atom is 0.221 e. The number of rotatable bonds is 8. The molecule has 0 aliphatic rings. The Bertz CT molecular complexity index is 391. The average Bonchev–Trinajstić information content (AvgIpc) is 2.24. The van der Waals surface area contributed by atoms with E-state index in [0.717, 1.165) is 0 Å². The average molecular weight is 292 g/mol. The Morgan fingerprint density at radius 1 is 1.26 bits per heavy atom. The number of carbonyl (C=O) groups excluding carboxylic acids is 1. The summed E-state index contributed by atoms with van der Waals surface area (Å²) < 4.78 is 23.4. The third-order valence-corrected chi connectivity index (χ3v) is 5.35. The molecule has 0 saturated carbocycles. The van der Waals surface area contributed by atoms with Crippen LogP contribution in [-0.4, -0.2) is 37.9 Å². The van der Waals surface area contributed by atoms with Crippen molar-refractivity contribution in [3.8, 4) is 0 Å². The van der Waals surface area contributed by atoms with Gasteiger partial charge in [-0.25, -0.2) is 8.42 Å². The van der Waals surface area contributed by atoms with Crippen LogP contribution in [0.2, 0.25) is 0 Å². The van der Waals surface area contributed by atoms with Gasteiger partial charge in [-0.05, 0) is 18.8 Å². The molecule has 0 radical (unpaired) electrons. The highest BCUT2D eigenvalue weighted by atomic mass is 32.2. The predicted molar refractivity (Wildman–Crippen MR) is 78.5 cm³/mol. The summed E-state index contributed by atoms with van der Waals surface area (Å²) in [5, 5.41) is 2.84. The van der Waals surface area contributed by atoms with Crippen LogP contribution in [0.4, 0.5) is 0 Å². The number of nitrogens with two attached hydrogens (primary N) is 1. The summed E-state index contributed by atoms with van der Waals surface area (Å²) in [6, 6.07) is 0. The molecular formula is C13H28N2O3S. The van der Waals surface area contributed by atoms with Crippen LogP contribution >= 0.6 is 0 Å². The molecule has 0 heterocycles. The summed E-state index contributed by atoms with van der Waals surface area (Å²) >= 11 is 0. The third-order valence-electron chi connectivity index (χ3n) is 3.35. The van der Waals surface area contributed by atoms with Gasteiger partial charge in [0.2, 0.25) is 5.91 Å². The monoisotopic (exact) mass is 292 g/mol. The molecule has 0 spiro atoms. The van der Waals surface area contributed by atoms with Gasteiger partial charge in [0.05, 0.1) is 17.0 Å². The molecule has 1 unspecified atom stereocenters. The first kappa shape index (κ1) is 18.4. The minimum atomic E-state index is -3.15. The van der Waals surface area contributed by atoms with E-state index in [1.165, 1.54) is 0 Å². The normalized spacial score (nSPS) is 15.6. The number of carbonyl (C=O) groups is 1. The summed E-state index contributed by atoms with van der Waals surface area (Å²) in [6.45, 7) is 9.85. The lowest BCUT2D eigenvalue weighted by atomic mass is 9.88. The molecule has 1 atom stereocenters. The van der Waals surface area contributed by atoms with E-state index in [2.05, 4.69) is 5.32 Å². The zero-order chi connectivity index (χ0) is 15.3. The van der Waals surface area contributed by atoms with Crippen molar-refractivity contribution >= 4 is 15.7 Å². The van der Waals surface area contributed by atoms with Crippen molar-refractivity contribution in [1.82, 2.24) is 5.32 Å². The smallest absolute Gasteiger partial charge is 0.221 e. The molecule has 0 saturated heterocycles. The van der Waals surface area contributed by atoms with Gasteiger partial charge >= 0.3 is 0 Å². The molecule has 0 bridgehead atoms. The van der Waals surface area contributed by atoms with E-state index in [4.69, 9.17) is 5.73 Å². The van der Waals surface area contributed by atoms with E-state index in [1.807, 2.05) is 34.6 Å². The second kappa shape index (κ2) is 7.24. The van der Waals surface area contributed by atoms with Gasteiger partial charge in [0.25, 0.3) is 0 Å². The Hall–Kier alpha value is -0.620. The van der Waals surface area contributed by atoms with E-state index in [0.29, 0.717) is 6.54 Å². The Balaban J connectivity index is 4.42. The maximum atomic E-state index is 11.8. The minimum Gasteiger partial charge on any atom is -0.349 e. The lowest BCUT2D eigenvalue weighted by Crippen LogP contribution is -2.55. The van der Waals surface area contributed by atoms with E-state index in [9.17, 15) is 13.2 Å². The molecule has 114 valence electrons. The van der Waals surface area contributed by atoms with Crippen LogP contribution in [0.5, 0.6) is 0 Å². The first-order valence-electron chi connectivity index (χ1n) is 6.74. The molecule has 0 rings (SSSR count).